The van der Waals surface area contributed by atoms with Crippen molar-refractivity contribution in [2.75, 3.05) is 16.8 Å². The molecule has 0 saturated heterocycles. The number of fused-ring (bicyclic) bond motifs is 1. The summed E-state index contributed by atoms with van der Waals surface area (Å²) in [6.07, 6.45) is 2.61. The molecule has 0 fully saturated rings. The highest BCUT2D eigenvalue weighted by molar-refractivity contribution is 5.56. The molecule has 1 aliphatic rings. The Kier molecular flexibility index (Phi) is 3.42. The summed E-state index contributed by atoms with van der Waals surface area (Å²) >= 11 is 0. The highest BCUT2D eigenvalue weighted by Gasteiger charge is 2.17. The summed E-state index contributed by atoms with van der Waals surface area (Å²) in [5.41, 5.74) is 2.79. The van der Waals surface area contributed by atoms with E-state index in [2.05, 4.69) is 49.6 Å². The Balaban J connectivity index is 1.55. The minimum atomic E-state index is 0.649. The molecule has 0 saturated carbocycles. The largest absolute Gasteiger partial charge is 0.360 e. The van der Waals surface area contributed by atoms with Gasteiger partial charge < -0.3 is 14.7 Å². The summed E-state index contributed by atoms with van der Waals surface area (Å²) in [5, 5.41) is 7.06. The van der Waals surface area contributed by atoms with E-state index in [-0.39, 0.29) is 0 Å². The van der Waals surface area contributed by atoms with Gasteiger partial charge in [0.25, 0.3) is 0 Å². The molecule has 0 radical (unpaired) electrons. The molecule has 0 spiro atoms. The van der Waals surface area contributed by atoms with E-state index in [4.69, 9.17) is 4.52 Å². The molecule has 0 atom stereocenters. The van der Waals surface area contributed by atoms with Crippen LogP contribution in [0.25, 0.3) is 0 Å². The van der Waals surface area contributed by atoms with Crippen molar-refractivity contribution in [3.8, 4) is 0 Å². The fourth-order valence-corrected chi connectivity index (χ4v) is 2.84. The van der Waals surface area contributed by atoms with Crippen molar-refractivity contribution in [2.24, 2.45) is 0 Å². The minimum absolute atomic E-state index is 0.649. The molecule has 0 amide bonds. The van der Waals surface area contributed by atoms with Crippen LogP contribution in [0, 0.1) is 6.92 Å². The first kappa shape index (κ1) is 13.8. The van der Waals surface area contributed by atoms with E-state index in [1.165, 1.54) is 11.1 Å². The Labute approximate surface area is 134 Å². The van der Waals surface area contributed by atoms with E-state index in [9.17, 15) is 0 Å². The van der Waals surface area contributed by atoms with Crippen molar-refractivity contribution in [1.29, 1.82) is 0 Å². The van der Waals surface area contributed by atoms with Crippen LogP contribution in [0.2, 0.25) is 0 Å². The Morgan fingerprint density at radius 1 is 1.09 bits per heavy atom. The zero-order valence-electron chi connectivity index (χ0n) is 12.9. The molecule has 1 aromatic carbocycles. The van der Waals surface area contributed by atoms with Crippen molar-refractivity contribution in [1.82, 2.24) is 15.1 Å². The van der Waals surface area contributed by atoms with Gasteiger partial charge in [-0.15, -0.1) is 0 Å². The topological polar surface area (TPSA) is 67.1 Å². The average Bonchev–Trinajstić information content (AvgIpc) is 2.99. The van der Waals surface area contributed by atoms with E-state index in [1.54, 1.807) is 6.33 Å². The van der Waals surface area contributed by atoms with Gasteiger partial charge in [0.2, 0.25) is 0 Å². The van der Waals surface area contributed by atoms with E-state index >= 15 is 0 Å². The molecule has 6 nitrogen and oxygen atoms in total. The lowest BCUT2D eigenvalue weighted by atomic mass is 10.00. The highest BCUT2D eigenvalue weighted by atomic mass is 16.5. The van der Waals surface area contributed by atoms with Crippen LogP contribution in [0.4, 0.5) is 17.5 Å². The molecule has 6 heteroatoms. The molecule has 1 aliphatic heterocycles. The number of hydrogen-bond donors (Lipinski definition) is 1. The van der Waals surface area contributed by atoms with E-state index < -0.39 is 0 Å². The fourth-order valence-electron chi connectivity index (χ4n) is 2.84. The van der Waals surface area contributed by atoms with Crippen molar-refractivity contribution in [3.05, 3.63) is 59.6 Å². The normalized spacial score (nSPS) is 13.7. The van der Waals surface area contributed by atoms with Crippen LogP contribution in [-0.2, 0) is 13.0 Å². The minimum Gasteiger partial charge on any atom is -0.360 e. The molecule has 2 aromatic heterocycles. The van der Waals surface area contributed by atoms with Crippen molar-refractivity contribution in [3.63, 3.8) is 0 Å². The lowest BCUT2D eigenvalue weighted by Gasteiger charge is -2.29. The van der Waals surface area contributed by atoms with Crippen LogP contribution in [0.5, 0.6) is 0 Å². The molecule has 23 heavy (non-hydrogen) atoms. The van der Waals surface area contributed by atoms with Crippen molar-refractivity contribution in [2.45, 2.75) is 19.9 Å². The van der Waals surface area contributed by atoms with Crippen LogP contribution in [-0.4, -0.2) is 21.7 Å². The summed E-state index contributed by atoms with van der Waals surface area (Å²) < 4.78 is 5.06. The highest BCUT2D eigenvalue weighted by Crippen LogP contribution is 2.24. The third kappa shape index (κ3) is 2.88. The molecular formula is C17H17N5O. The number of anilines is 3. The smallest absolute Gasteiger partial charge is 0.175 e. The van der Waals surface area contributed by atoms with Crippen LogP contribution >= 0.6 is 0 Å². The van der Waals surface area contributed by atoms with E-state index in [1.807, 2.05) is 19.1 Å². The van der Waals surface area contributed by atoms with Crippen LogP contribution < -0.4 is 10.2 Å². The lowest BCUT2D eigenvalue weighted by Crippen LogP contribution is -2.31. The number of hydrogen-bond acceptors (Lipinski definition) is 6. The molecule has 4 rings (SSSR count). The van der Waals surface area contributed by atoms with Gasteiger partial charge in [-0.2, -0.15) is 0 Å². The fraction of sp³-hybridized carbons (Fsp3) is 0.235. The monoisotopic (exact) mass is 307 g/mol. The molecule has 3 heterocycles. The maximum atomic E-state index is 5.06. The summed E-state index contributed by atoms with van der Waals surface area (Å²) in [5.74, 6) is 3.03. The summed E-state index contributed by atoms with van der Waals surface area (Å²) in [6.45, 7) is 3.68. The lowest BCUT2D eigenvalue weighted by molar-refractivity contribution is 0.400. The predicted molar refractivity (Wildman–Crippen MR) is 87.8 cm³/mol. The first-order valence-electron chi connectivity index (χ1n) is 7.62. The standard InChI is InChI=1S/C17H17N5O/c1-12-8-16(21-23-12)20-15-9-17(19-11-18-15)22-7-6-13-4-2-3-5-14(13)10-22/h2-5,8-9,11H,6-7,10H2,1H3,(H,18,19,20,21). The Morgan fingerprint density at radius 2 is 1.96 bits per heavy atom. The Morgan fingerprint density at radius 3 is 2.78 bits per heavy atom. The van der Waals surface area contributed by atoms with Gasteiger partial charge in [0.05, 0.1) is 0 Å². The molecular weight excluding hydrogens is 290 g/mol. The second-order valence-electron chi connectivity index (χ2n) is 5.65. The number of nitrogens with one attached hydrogen (secondary N) is 1. The molecule has 116 valence electrons. The Bertz CT molecular complexity index is 829. The number of nitrogens with zero attached hydrogens (tertiary/aromatic N) is 4. The first-order chi connectivity index (χ1) is 11.3. The van der Waals surface area contributed by atoms with Gasteiger partial charge in [0.15, 0.2) is 5.82 Å². The molecule has 1 N–H and O–H groups in total. The van der Waals surface area contributed by atoms with E-state index in [0.717, 1.165) is 31.1 Å². The summed E-state index contributed by atoms with van der Waals surface area (Å²) in [6, 6.07) is 12.3. The van der Waals surface area contributed by atoms with Gasteiger partial charge in [0, 0.05) is 25.2 Å². The quantitative estimate of drug-likeness (QED) is 0.802. The number of benzene rings is 1. The predicted octanol–water partition coefficient (Wildman–Crippen LogP) is 3.08. The zero-order chi connectivity index (χ0) is 15.6. The van der Waals surface area contributed by atoms with E-state index in [0.29, 0.717) is 11.6 Å². The van der Waals surface area contributed by atoms with Crippen LogP contribution in [0.1, 0.15) is 16.9 Å². The second kappa shape index (κ2) is 5.72. The Hall–Kier alpha value is -2.89. The third-order valence-corrected chi connectivity index (χ3v) is 3.99. The maximum Gasteiger partial charge on any atom is 0.175 e. The molecule has 0 unspecified atom stereocenters. The first-order valence-corrected chi connectivity index (χ1v) is 7.62. The van der Waals surface area contributed by atoms with Gasteiger partial charge in [0.1, 0.15) is 23.7 Å². The van der Waals surface area contributed by atoms with Gasteiger partial charge in [-0.1, -0.05) is 29.4 Å². The van der Waals surface area contributed by atoms with Gasteiger partial charge >= 0.3 is 0 Å². The number of rotatable bonds is 3. The van der Waals surface area contributed by atoms with Gasteiger partial charge in [-0.05, 0) is 24.5 Å². The average molecular weight is 307 g/mol. The second-order valence-corrected chi connectivity index (χ2v) is 5.65. The molecule has 0 aliphatic carbocycles. The summed E-state index contributed by atoms with van der Waals surface area (Å²) in [7, 11) is 0. The van der Waals surface area contributed by atoms with Gasteiger partial charge in [-0.3, -0.25) is 0 Å². The van der Waals surface area contributed by atoms with Crippen molar-refractivity contribution >= 4 is 17.5 Å². The van der Waals surface area contributed by atoms with Crippen LogP contribution in [0.3, 0.4) is 0 Å². The van der Waals surface area contributed by atoms with Crippen LogP contribution in [0.15, 0.2) is 47.2 Å². The third-order valence-electron chi connectivity index (χ3n) is 3.99. The zero-order valence-corrected chi connectivity index (χ0v) is 12.9. The number of aryl methyl sites for hydroxylation is 1. The maximum absolute atomic E-state index is 5.06. The van der Waals surface area contributed by atoms with Crippen molar-refractivity contribution < 1.29 is 4.52 Å². The summed E-state index contributed by atoms with van der Waals surface area (Å²) in [4.78, 5) is 10.9. The number of aromatic nitrogens is 3. The molecule has 3 aromatic rings. The SMILES string of the molecule is Cc1cc(Nc2cc(N3CCc4ccccc4C3)ncn2)no1. The van der Waals surface area contributed by atoms with Gasteiger partial charge in [-0.25, -0.2) is 9.97 Å². The molecule has 0 bridgehead atoms.